The van der Waals surface area contributed by atoms with Gasteiger partial charge in [-0.25, -0.2) is 0 Å². The van der Waals surface area contributed by atoms with Crippen LogP contribution in [0.15, 0.2) is 6.20 Å². The summed E-state index contributed by atoms with van der Waals surface area (Å²) >= 11 is 0. The largest absolute Gasteiger partial charge is 0.375 e. The van der Waals surface area contributed by atoms with Crippen LogP contribution in [-0.2, 0) is 22.7 Å². The van der Waals surface area contributed by atoms with Crippen molar-refractivity contribution < 1.29 is 9.53 Å². The highest BCUT2D eigenvalue weighted by molar-refractivity contribution is 5.75. The lowest BCUT2D eigenvalue weighted by Crippen LogP contribution is -2.00. The number of ketones is 1. The van der Waals surface area contributed by atoms with Gasteiger partial charge in [0.15, 0.2) is 0 Å². The zero-order chi connectivity index (χ0) is 10.4. The van der Waals surface area contributed by atoms with E-state index in [1.807, 2.05) is 13.1 Å². The molecule has 1 rings (SSSR count). The van der Waals surface area contributed by atoms with Crippen molar-refractivity contribution in [3.8, 4) is 0 Å². The van der Waals surface area contributed by atoms with E-state index in [2.05, 4.69) is 10.3 Å². The maximum absolute atomic E-state index is 10.6. The molecule has 5 heteroatoms. The van der Waals surface area contributed by atoms with Crippen LogP contribution in [-0.4, -0.2) is 27.4 Å². The first-order valence-corrected chi connectivity index (χ1v) is 4.68. The third-order valence-corrected chi connectivity index (χ3v) is 1.76. The molecular formula is C9H15N3O2. The first-order chi connectivity index (χ1) is 6.72. The van der Waals surface area contributed by atoms with Crippen molar-refractivity contribution in [2.75, 3.05) is 6.61 Å². The summed E-state index contributed by atoms with van der Waals surface area (Å²) < 4.78 is 6.99. The highest BCUT2D eigenvalue weighted by atomic mass is 16.5. The molecule has 0 N–H and O–H groups in total. The Morgan fingerprint density at radius 3 is 3.00 bits per heavy atom. The van der Waals surface area contributed by atoms with E-state index in [4.69, 9.17) is 4.74 Å². The summed E-state index contributed by atoms with van der Waals surface area (Å²) in [5, 5.41) is 7.77. The molecule has 1 aromatic rings. The van der Waals surface area contributed by atoms with Crippen molar-refractivity contribution in [1.82, 2.24) is 15.0 Å². The van der Waals surface area contributed by atoms with Crippen LogP contribution < -0.4 is 0 Å². The minimum Gasteiger partial charge on any atom is -0.375 e. The summed E-state index contributed by atoms with van der Waals surface area (Å²) in [4.78, 5) is 10.6. The predicted octanol–water partition coefficient (Wildman–Crippen LogP) is 0.794. The van der Waals surface area contributed by atoms with Gasteiger partial charge < -0.3 is 4.74 Å². The Hall–Kier alpha value is -1.23. The molecule has 0 aromatic carbocycles. The Morgan fingerprint density at radius 1 is 1.64 bits per heavy atom. The number of carbonyl (C=O) groups is 1. The van der Waals surface area contributed by atoms with Gasteiger partial charge in [-0.3, -0.25) is 9.48 Å². The highest BCUT2D eigenvalue weighted by Gasteiger charge is 1.99. The third-order valence-electron chi connectivity index (χ3n) is 1.76. The summed E-state index contributed by atoms with van der Waals surface area (Å²) in [5.74, 6) is 0.141. The Bertz CT molecular complexity index is 296. The number of rotatable bonds is 6. The lowest BCUT2D eigenvalue weighted by Gasteiger charge is -1.98. The van der Waals surface area contributed by atoms with E-state index in [1.54, 1.807) is 11.6 Å². The van der Waals surface area contributed by atoms with Crippen LogP contribution in [0.4, 0.5) is 0 Å². The minimum atomic E-state index is 0.141. The number of aryl methyl sites for hydroxylation is 1. The Balaban J connectivity index is 2.21. The maximum atomic E-state index is 10.6. The van der Waals surface area contributed by atoms with Crippen LogP contribution in [0.2, 0.25) is 0 Å². The molecule has 5 nitrogen and oxygen atoms in total. The quantitative estimate of drug-likeness (QED) is 0.633. The highest BCUT2D eigenvalue weighted by Crippen LogP contribution is 1.96. The van der Waals surface area contributed by atoms with Gasteiger partial charge in [0, 0.05) is 13.0 Å². The molecule has 0 bridgehead atoms. The topological polar surface area (TPSA) is 57.0 Å². The number of ether oxygens (including phenoxy) is 1. The molecule has 0 radical (unpaired) electrons. The molecule has 1 aromatic heterocycles. The van der Waals surface area contributed by atoms with Gasteiger partial charge in [-0.05, 0) is 13.8 Å². The number of Topliss-reactive ketones (excluding diaryl/α,β-unsaturated/α-hetero) is 1. The summed E-state index contributed by atoms with van der Waals surface area (Å²) in [6, 6.07) is 0. The number of hydrogen-bond donors (Lipinski definition) is 0. The average Bonchev–Trinajstić information content (AvgIpc) is 2.60. The predicted molar refractivity (Wildman–Crippen MR) is 50.7 cm³/mol. The molecule has 78 valence electrons. The Kier molecular flexibility index (Phi) is 4.25. The van der Waals surface area contributed by atoms with Gasteiger partial charge >= 0.3 is 0 Å². The zero-order valence-electron chi connectivity index (χ0n) is 8.56. The smallest absolute Gasteiger partial charge is 0.132 e. The summed E-state index contributed by atoms with van der Waals surface area (Å²) in [7, 11) is 0. The fourth-order valence-electron chi connectivity index (χ4n) is 0.952. The normalized spacial score (nSPS) is 10.4. The maximum Gasteiger partial charge on any atom is 0.132 e. The van der Waals surface area contributed by atoms with Gasteiger partial charge in [-0.2, -0.15) is 0 Å². The van der Waals surface area contributed by atoms with Crippen LogP contribution >= 0.6 is 0 Å². The molecular weight excluding hydrogens is 182 g/mol. The van der Waals surface area contributed by atoms with Crippen molar-refractivity contribution in [2.45, 2.75) is 33.4 Å². The first kappa shape index (κ1) is 10.8. The fourth-order valence-corrected chi connectivity index (χ4v) is 0.952. The average molecular weight is 197 g/mol. The van der Waals surface area contributed by atoms with Gasteiger partial charge in [-0.1, -0.05) is 5.21 Å². The van der Waals surface area contributed by atoms with Crippen LogP contribution in [0.3, 0.4) is 0 Å². The molecule has 0 unspecified atom stereocenters. The Labute approximate surface area is 83.1 Å². The van der Waals surface area contributed by atoms with E-state index in [-0.39, 0.29) is 5.78 Å². The molecule has 0 aliphatic carbocycles. The van der Waals surface area contributed by atoms with Crippen molar-refractivity contribution in [2.24, 2.45) is 0 Å². The SMILES string of the molecule is CCn1cc(COCCC(C)=O)nn1. The molecule has 0 amide bonds. The molecule has 0 fully saturated rings. The monoisotopic (exact) mass is 197 g/mol. The third kappa shape index (κ3) is 3.66. The number of hydrogen-bond acceptors (Lipinski definition) is 4. The summed E-state index contributed by atoms with van der Waals surface area (Å²) in [6.45, 7) is 5.23. The molecule has 0 aliphatic heterocycles. The number of nitrogens with zero attached hydrogens (tertiary/aromatic N) is 3. The molecule has 0 saturated heterocycles. The standard InChI is InChI=1S/C9H15N3O2/c1-3-12-6-9(10-11-12)7-14-5-4-8(2)13/h6H,3-5,7H2,1-2H3. The molecule has 14 heavy (non-hydrogen) atoms. The second-order valence-electron chi connectivity index (χ2n) is 3.07. The van der Waals surface area contributed by atoms with Crippen molar-refractivity contribution >= 4 is 5.78 Å². The van der Waals surface area contributed by atoms with E-state index in [9.17, 15) is 4.79 Å². The molecule has 0 spiro atoms. The molecule has 0 aliphatic rings. The van der Waals surface area contributed by atoms with Gasteiger partial charge in [-0.15, -0.1) is 5.10 Å². The lowest BCUT2D eigenvalue weighted by molar-refractivity contribution is -0.118. The van der Waals surface area contributed by atoms with Gasteiger partial charge in [0.2, 0.25) is 0 Å². The molecule has 1 heterocycles. The van der Waals surface area contributed by atoms with E-state index in [1.165, 1.54) is 0 Å². The van der Waals surface area contributed by atoms with Crippen molar-refractivity contribution in [1.29, 1.82) is 0 Å². The second-order valence-corrected chi connectivity index (χ2v) is 3.07. The number of carbonyl (C=O) groups excluding carboxylic acids is 1. The zero-order valence-corrected chi connectivity index (χ0v) is 8.56. The first-order valence-electron chi connectivity index (χ1n) is 4.68. The second kappa shape index (κ2) is 5.49. The van der Waals surface area contributed by atoms with Crippen LogP contribution in [0.25, 0.3) is 0 Å². The van der Waals surface area contributed by atoms with Gasteiger partial charge in [0.05, 0.1) is 19.4 Å². The lowest BCUT2D eigenvalue weighted by atomic mass is 10.3. The van der Waals surface area contributed by atoms with E-state index in [0.717, 1.165) is 12.2 Å². The van der Waals surface area contributed by atoms with Crippen molar-refractivity contribution in [3.63, 3.8) is 0 Å². The summed E-state index contributed by atoms with van der Waals surface area (Å²) in [5.41, 5.74) is 0.801. The molecule has 0 atom stereocenters. The van der Waals surface area contributed by atoms with E-state index in [0.29, 0.717) is 19.6 Å². The Morgan fingerprint density at radius 2 is 2.43 bits per heavy atom. The van der Waals surface area contributed by atoms with Crippen LogP contribution in [0.5, 0.6) is 0 Å². The summed E-state index contributed by atoms with van der Waals surface area (Å²) in [6.07, 6.45) is 2.30. The minimum absolute atomic E-state index is 0.141. The molecule has 0 saturated carbocycles. The fraction of sp³-hybridized carbons (Fsp3) is 0.667. The van der Waals surface area contributed by atoms with Crippen molar-refractivity contribution in [3.05, 3.63) is 11.9 Å². The number of aromatic nitrogens is 3. The van der Waals surface area contributed by atoms with E-state index >= 15 is 0 Å². The van der Waals surface area contributed by atoms with Crippen LogP contribution in [0, 0.1) is 0 Å². The van der Waals surface area contributed by atoms with E-state index < -0.39 is 0 Å². The van der Waals surface area contributed by atoms with Gasteiger partial charge in [0.1, 0.15) is 11.5 Å². The van der Waals surface area contributed by atoms with Gasteiger partial charge in [0.25, 0.3) is 0 Å². The van der Waals surface area contributed by atoms with Crippen LogP contribution in [0.1, 0.15) is 26.0 Å².